The molecule has 0 aromatic carbocycles. The smallest absolute Gasteiger partial charge is 0.0309 e. The van der Waals surface area contributed by atoms with Crippen molar-refractivity contribution in [1.82, 2.24) is 10.2 Å². The second kappa shape index (κ2) is 7.23. The third kappa shape index (κ3) is 3.45. The minimum absolute atomic E-state index is 0.466. The van der Waals surface area contributed by atoms with Gasteiger partial charge >= 0.3 is 0 Å². The van der Waals surface area contributed by atoms with Crippen LogP contribution < -0.4 is 5.32 Å². The summed E-state index contributed by atoms with van der Waals surface area (Å²) in [4.78, 5) is 2.96. The molecule has 1 saturated heterocycles. The van der Waals surface area contributed by atoms with Gasteiger partial charge in [0.15, 0.2) is 0 Å². The van der Waals surface area contributed by atoms with E-state index in [2.05, 4.69) is 35.8 Å². The third-order valence-corrected chi connectivity index (χ3v) is 7.48. The van der Waals surface area contributed by atoms with Crippen LogP contribution in [0.3, 0.4) is 0 Å². The number of hydrogen-bond acceptors (Lipinski definition) is 3. The lowest BCUT2D eigenvalue weighted by Gasteiger charge is -2.52. The van der Waals surface area contributed by atoms with E-state index in [9.17, 15) is 0 Å². The van der Waals surface area contributed by atoms with Crippen molar-refractivity contribution in [3.05, 3.63) is 0 Å². The lowest BCUT2D eigenvalue weighted by Crippen LogP contribution is -2.67. The highest BCUT2D eigenvalue weighted by Gasteiger charge is 2.44. The van der Waals surface area contributed by atoms with Crippen LogP contribution in [0.2, 0.25) is 0 Å². The van der Waals surface area contributed by atoms with Crippen molar-refractivity contribution in [3.8, 4) is 0 Å². The van der Waals surface area contributed by atoms with Crippen molar-refractivity contribution in [2.45, 2.75) is 94.5 Å². The zero-order valence-corrected chi connectivity index (χ0v) is 14.9. The molecule has 1 spiro atoms. The van der Waals surface area contributed by atoms with Gasteiger partial charge in [0.2, 0.25) is 0 Å². The maximum Gasteiger partial charge on any atom is 0.0309 e. The van der Waals surface area contributed by atoms with Crippen LogP contribution >= 0.6 is 11.8 Å². The van der Waals surface area contributed by atoms with Crippen LogP contribution in [-0.2, 0) is 0 Å². The van der Waals surface area contributed by atoms with E-state index in [0.717, 1.165) is 17.3 Å². The molecule has 1 aliphatic heterocycles. The lowest BCUT2D eigenvalue weighted by atomic mass is 9.78. The summed E-state index contributed by atoms with van der Waals surface area (Å²) in [5.74, 6) is 1.29. The number of nitrogens with zero attached hydrogens (tertiary/aromatic N) is 1. The Morgan fingerprint density at radius 3 is 2.62 bits per heavy atom. The number of piperazine rings is 1. The van der Waals surface area contributed by atoms with Gasteiger partial charge in [0.25, 0.3) is 0 Å². The van der Waals surface area contributed by atoms with Gasteiger partial charge in [-0.1, -0.05) is 39.5 Å². The Balaban J connectivity index is 1.72. The Kier molecular flexibility index (Phi) is 5.55. The Morgan fingerprint density at radius 1 is 1.10 bits per heavy atom. The molecule has 3 aliphatic rings. The Bertz CT molecular complexity index is 327. The van der Waals surface area contributed by atoms with Gasteiger partial charge in [0.1, 0.15) is 0 Å². The molecule has 2 aliphatic carbocycles. The molecule has 0 aromatic rings. The normalized spacial score (nSPS) is 37.1. The fraction of sp³-hybridized carbons (Fsp3) is 1.00. The van der Waals surface area contributed by atoms with Crippen molar-refractivity contribution in [1.29, 1.82) is 0 Å². The zero-order chi connectivity index (χ0) is 14.7. The predicted molar refractivity (Wildman–Crippen MR) is 94.2 cm³/mol. The van der Waals surface area contributed by atoms with E-state index >= 15 is 0 Å². The Morgan fingerprint density at radius 2 is 1.90 bits per heavy atom. The van der Waals surface area contributed by atoms with Gasteiger partial charge < -0.3 is 5.32 Å². The summed E-state index contributed by atoms with van der Waals surface area (Å²) >= 11 is 2.23. The molecule has 1 N–H and O–H groups in total. The van der Waals surface area contributed by atoms with Crippen LogP contribution in [0.15, 0.2) is 0 Å². The topological polar surface area (TPSA) is 15.3 Å². The van der Waals surface area contributed by atoms with Crippen molar-refractivity contribution in [2.75, 3.05) is 18.8 Å². The highest BCUT2D eigenvalue weighted by Crippen LogP contribution is 2.39. The van der Waals surface area contributed by atoms with Crippen molar-refractivity contribution in [2.24, 2.45) is 0 Å². The Hall–Kier alpha value is 0.270. The van der Waals surface area contributed by atoms with E-state index in [1.165, 1.54) is 76.6 Å². The van der Waals surface area contributed by atoms with Crippen molar-refractivity contribution in [3.63, 3.8) is 0 Å². The van der Waals surface area contributed by atoms with Gasteiger partial charge in [-0.3, -0.25) is 4.90 Å². The Labute approximate surface area is 135 Å². The fourth-order valence-electron chi connectivity index (χ4n) is 5.01. The summed E-state index contributed by atoms with van der Waals surface area (Å²) < 4.78 is 0. The summed E-state index contributed by atoms with van der Waals surface area (Å²) in [6.45, 7) is 7.28. The average molecular weight is 311 g/mol. The molecule has 0 amide bonds. The minimum Gasteiger partial charge on any atom is -0.308 e. The first kappa shape index (κ1) is 16.1. The van der Waals surface area contributed by atoms with Crippen LogP contribution in [0.5, 0.6) is 0 Å². The molecule has 1 heterocycles. The maximum absolute atomic E-state index is 3.99. The van der Waals surface area contributed by atoms with Gasteiger partial charge in [-0.2, -0.15) is 11.8 Å². The van der Waals surface area contributed by atoms with Crippen molar-refractivity contribution < 1.29 is 0 Å². The highest BCUT2D eigenvalue weighted by molar-refractivity contribution is 7.99. The number of rotatable bonds is 4. The summed E-state index contributed by atoms with van der Waals surface area (Å²) in [5, 5.41) is 4.89. The average Bonchev–Trinajstić information content (AvgIpc) is 2.97. The predicted octanol–water partition coefficient (Wildman–Crippen LogP) is 4.05. The molecular formula is C18H34N2S. The number of hydrogen-bond donors (Lipinski definition) is 1. The first-order chi connectivity index (χ1) is 10.3. The molecule has 3 unspecified atom stereocenters. The van der Waals surface area contributed by atoms with Crippen LogP contribution in [-0.4, -0.2) is 46.6 Å². The van der Waals surface area contributed by atoms with Gasteiger partial charge in [-0.05, 0) is 37.9 Å². The largest absolute Gasteiger partial charge is 0.308 e. The van der Waals surface area contributed by atoms with Gasteiger partial charge in [-0.15, -0.1) is 0 Å². The van der Waals surface area contributed by atoms with Crippen molar-refractivity contribution >= 4 is 11.8 Å². The van der Waals surface area contributed by atoms with Crippen LogP contribution in [0, 0.1) is 0 Å². The quantitative estimate of drug-likeness (QED) is 0.843. The van der Waals surface area contributed by atoms with E-state index < -0.39 is 0 Å². The molecule has 122 valence electrons. The fourth-order valence-corrected chi connectivity index (χ4v) is 6.29. The monoisotopic (exact) mass is 310 g/mol. The second-order valence-corrected chi connectivity index (χ2v) is 8.96. The first-order valence-electron chi connectivity index (χ1n) is 9.40. The van der Waals surface area contributed by atoms with Gasteiger partial charge in [0.05, 0.1) is 0 Å². The highest BCUT2D eigenvalue weighted by atomic mass is 32.2. The van der Waals surface area contributed by atoms with Crippen LogP contribution in [0.25, 0.3) is 0 Å². The standard InChI is InChI=1S/C18H34N2S/c1-3-15-13-19-18(11-6-5-7-12-18)14-20(15)16-9-8-10-17(16)21-4-2/h15-17,19H,3-14H2,1-2H3. The summed E-state index contributed by atoms with van der Waals surface area (Å²) in [6.07, 6.45) is 12.8. The molecule has 0 radical (unpaired) electrons. The minimum atomic E-state index is 0.466. The lowest BCUT2D eigenvalue weighted by molar-refractivity contribution is 0.0257. The molecule has 2 saturated carbocycles. The third-order valence-electron chi connectivity index (χ3n) is 6.17. The van der Waals surface area contributed by atoms with Crippen LogP contribution in [0.4, 0.5) is 0 Å². The van der Waals surface area contributed by atoms with Gasteiger partial charge in [-0.25, -0.2) is 0 Å². The summed E-state index contributed by atoms with van der Waals surface area (Å²) in [6, 6.07) is 1.64. The second-order valence-electron chi connectivity index (χ2n) is 7.45. The molecule has 3 atom stereocenters. The summed E-state index contributed by atoms with van der Waals surface area (Å²) in [7, 11) is 0. The molecule has 3 rings (SSSR count). The van der Waals surface area contributed by atoms with E-state index in [4.69, 9.17) is 0 Å². The van der Waals surface area contributed by atoms with E-state index in [0.29, 0.717) is 5.54 Å². The molecule has 3 heteroatoms. The summed E-state index contributed by atoms with van der Waals surface area (Å²) in [5.41, 5.74) is 0.466. The van der Waals surface area contributed by atoms with E-state index in [1.807, 2.05) is 0 Å². The molecular weight excluding hydrogens is 276 g/mol. The number of thioether (sulfide) groups is 1. The van der Waals surface area contributed by atoms with Gasteiger partial charge in [0, 0.05) is 36.0 Å². The molecule has 21 heavy (non-hydrogen) atoms. The maximum atomic E-state index is 3.99. The SMILES string of the molecule is CCSC1CCCC1N1CC2(CCCCC2)NCC1CC. The zero-order valence-electron chi connectivity index (χ0n) is 14.1. The molecule has 0 bridgehead atoms. The molecule has 3 fully saturated rings. The van der Waals surface area contributed by atoms with E-state index in [1.54, 1.807) is 0 Å². The van der Waals surface area contributed by atoms with Crippen LogP contribution in [0.1, 0.15) is 71.6 Å². The first-order valence-corrected chi connectivity index (χ1v) is 10.5. The van der Waals surface area contributed by atoms with E-state index in [-0.39, 0.29) is 0 Å². The number of nitrogens with one attached hydrogen (secondary N) is 1. The molecule has 2 nitrogen and oxygen atoms in total. The molecule has 0 aromatic heterocycles.